The molecule has 0 radical (unpaired) electrons. The van der Waals surface area contributed by atoms with Crippen molar-refractivity contribution >= 4 is 5.91 Å². The molecule has 7 nitrogen and oxygen atoms in total. The van der Waals surface area contributed by atoms with Gasteiger partial charge in [-0.2, -0.15) is 0 Å². The van der Waals surface area contributed by atoms with Gasteiger partial charge in [0.15, 0.2) is 0 Å². The Hall–Kier alpha value is -2.25. The Morgan fingerprint density at radius 2 is 2.12 bits per heavy atom. The molecule has 7 heteroatoms. The van der Waals surface area contributed by atoms with Crippen molar-refractivity contribution < 1.29 is 9.53 Å². The quantitative estimate of drug-likeness (QED) is 0.857. The molecule has 0 saturated carbocycles. The first-order chi connectivity index (χ1) is 11.5. The lowest BCUT2D eigenvalue weighted by Crippen LogP contribution is -2.46. The first-order valence-electron chi connectivity index (χ1n) is 8.15. The fourth-order valence-electron chi connectivity index (χ4n) is 2.78. The van der Waals surface area contributed by atoms with Gasteiger partial charge in [0.05, 0.1) is 23.5 Å². The maximum Gasteiger partial charge on any atom is 0.249 e. The van der Waals surface area contributed by atoms with Crippen molar-refractivity contribution in [1.29, 1.82) is 0 Å². The number of nitrogens with one attached hydrogen (secondary N) is 1. The third-order valence-electron chi connectivity index (χ3n) is 4.25. The lowest BCUT2D eigenvalue weighted by molar-refractivity contribution is -0.133. The zero-order valence-corrected chi connectivity index (χ0v) is 14.0. The number of rotatable bonds is 5. The maximum atomic E-state index is 12.4. The number of carbonyl (C=O) groups is 1. The third-order valence-corrected chi connectivity index (χ3v) is 4.25. The van der Waals surface area contributed by atoms with Crippen molar-refractivity contribution in [1.82, 2.24) is 20.3 Å². The highest BCUT2D eigenvalue weighted by Gasteiger charge is 2.34. The van der Waals surface area contributed by atoms with Crippen LogP contribution in [-0.4, -0.2) is 39.7 Å². The molecule has 1 aromatic carbocycles. The summed E-state index contributed by atoms with van der Waals surface area (Å²) in [5, 5.41) is 11.4. The van der Waals surface area contributed by atoms with E-state index in [-0.39, 0.29) is 12.0 Å². The molecule has 1 aliphatic heterocycles. The van der Waals surface area contributed by atoms with E-state index >= 15 is 0 Å². The van der Waals surface area contributed by atoms with Gasteiger partial charge in [-0.3, -0.25) is 4.79 Å². The Kier molecular flexibility index (Phi) is 4.64. The number of para-hydroxylation sites is 1. The molecule has 24 heavy (non-hydrogen) atoms. The molecule has 2 heterocycles. The molecule has 1 saturated heterocycles. The zero-order valence-electron chi connectivity index (χ0n) is 14.0. The van der Waals surface area contributed by atoms with Crippen LogP contribution >= 0.6 is 0 Å². The molecule has 1 amide bonds. The van der Waals surface area contributed by atoms with E-state index in [1.54, 1.807) is 4.68 Å². The van der Waals surface area contributed by atoms with Crippen LogP contribution in [0.5, 0.6) is 0 Å². The van der Waals surface area contributed by atoms with Crippen LogP contribution in [-0.2, 0) is 15.1 Å². The fraction of sp³-hybridized carbons (Fsp3) is 0.471. The maximum absolute atomic E-state index is 12.4. The minimum Gasteiger partial charge on any atom is -0.364 e. The predicted octanol–water partition coefficient (Wildman–Crippen LogP) is 1.12. The predicted molar refractivity (Wildman–Crippen MR) is 89.5 cm³/mol. The summed E-state index contributed by atoms with van der Waals surface area (Å²) in [6, 6.07) is 9.72. The second kappa shape index (κ2) is 6.70. The van der Waals surface area contributed by atoms with Crippen LogP contribution in [0.3, 0.4) is 0 Å². The van der Waals surface area contributed by atoms with Gasteiger partial charge in [-0.05, 0) is 38.8 Å². The van der Waals surface area contributed by atoms with E-state index < -0.39 is 11.6 Å². The van der Waals surface area contributed by atoms with Gasteiger partial charge >= 0.3 is 0 Å². The lowest BCUT2D eigenvalue weighted by Gasteiger charge is -2.25. The smallest absolute Gasteiger partial charge is 0.249 e. The van der Waals surface area contributed by atoms with E-state index in [2.05, 4.69) is 15.6 Å². The molecule has 128 valence electrons. The average Bonchev–Trinajstić information content (AvgIpc) is 3.25. The summed E-state index contributed by atoms with van der Waals surface area (Å²) < 4.78 is 7.34. The lowest BCUT2D eigenvalue weighted by atomic mass is 10.0. The van der Waals surface area contributed by atoms with Crippen LogP contribution in [0.4, 0.5) is 0 Å². The van der Waals surface area contributed by atoms with Crippen LogP contribution in [0.15, 0.2) is 36.5 Å². The van der Waals surface area contributed by atoms with E-state index in [0.29, 0.717) is 18.7 Å². The summed E-state index contributed by atoms with van der Waals surface area (Å²) in [5.74, 6) is -0.134. The Balaban J connectivity index is 1.69. The Bertz CT molecular complexity index is 698. The summed E-state index contributed by atoms with van der Waals surface area (Å²) in [5.41, 5.74) is 6.56. The highest BCUT2D eigenvalue weighted by Crippen LogP contribution is 2.23. The standard InChI is InChI=1S/C17H23N5O2/c1-17(2,19-16(23)14-9-8-13(10-18)24-14)15-11-22(21-20-15)12-6-4-3-5-7-12/h3-7,11,13-14H,8-10,18H2,1-2H3,(H,19,23)/t13-,14+/m1/s1. The Morgan fingerprint density at radius 3 is 2.79 bits per heavy atom. The van der Waals surface area contributed by atoms with Gasteiger partial charge in [-0.15, -0.1) is 5.10 Å². The van der Waals surface area contributed by atoms with Crippen LogP contribution in [0.1, 0.15) is 32.4 Å². The Morgan fingerprint density at radius 1 is 1.38 bits per heavy atom. The van der Waals surface area contributed by atoms with Gasteiger partial charge in [0, 0.05) is 6.54 Å². The molecule has 3 N–H and O–H groups in total. The van der Waals surface area contributed by atoms with Crippen molar-refractivity contribution in [3.05, 3.63) is 42.2 Å². The SMILES string of the molecule is CC(C)(NC(=O)[C@@H]1CC[C@H](CN)O1)c1cn(-c2ccccc2)nn1. The minimum atomic E-state index is -0.645. The number of benzene rings is 1. The summed E-state index contributed by atoms with van der Waals surface area (Å²) in [4.78, 5) is 12.4. The van der Waals surface area contributed by atoms with Gasteiger partial charge in [-0.1, -0.05) is 23.4 Å². The van der Waals surface area contributed by atoms with Crippen molar-refractivity contribution in [2.45, 2.75) is 44.4 Å². The molecule has 2 atom stereocenters. The van der Waals surface area contributed by atoms with E-state index in [4.69, 9.17) is 10.5 Å². The van der Waals surface area contributed by atoms with Crippen molar-refractivity contribution in [3.63, 3.8) is 0 Å². The highest BCUT2D eigenvalue weighted by molar-refractivity contribution is 5.81. The van der Waals surface area contributed by atoms with Crippen molar-refractivity contribution in [2.75, 3.05) is 6.54 Å². The van der Waals surface area contributed by atoms with E-state index in [0.717, 1.165) is 12.1 Å². The molecular formula is C17H23N5O2. The molecule has 1 fully saturated rings. The fourth-order valence-corrected chi connectivity index (χ4v) is 2.78. The molecule has 0 aliphatic carbocycles. The normalized spacial score (nSPS) is 21.0. The van der Waals surface area contributed by atoms with Crippen LogP contribution in [0, 0.1) is 0 Å². The number of carbonyl (C=O) groups excluding carboxylic acids is 1. The van der Waals surface area contributed by atoms with Crippen LogP contribution in [0.2, 0.25) is 0 Å². The number of aromatic nitrogens is 3. The number of hydrogen-bond acceptors (Lipinski definition) is 5. The van der Waals surface area contributed by atoms with E-state index in [9.17, 15) is 4.79 Å². The number of ether oxygens (including phenoxy) is 1. The molecule has 2 aromatic rings. The Labute approximate surface area is 141 Å². The number of amides is 1. The van der Waals surface area contributed by atoms with E-state index in [1.807, 2.05) is 50.4 Å². The molecule has 0 bridgehead atoms. The minimum absolute atomic E-state index is 0.0252. The number of nitrogens with zero attached hydrogens (tertiary/aromatic N) is 3. The molecular weight excluding hydrogens is 306 g/mol. The number of nitrogens with two attached hydrogens (primary N) is 1. The van der Waals surface area contributed by atoms with Crippen molar-refractivity contribution in [2.24, 2.45) is 5.73 Å². The van der Waals surface area contributed by atoms with Crippen LogP contribution < -0.4 is 11.1 Å². The summed E-state index contributed by atoms with van der Waals surface area (Å²) in [6.45, 7) is 4.25. The second-order valence-electron chi connectivity index (χ2n) is 6.56. The van der Waals surface area contributed by atoms with Crippen LogP contribution in [0.25, 0.3) is 5.69 Å². The molecule has 3 rings (SSSR count). The van der Waals surface area contributed by atoms with Gasteiger partial charge in [-0.25, -0.2) is 4.68 Å². The summed E-state index contributed by atoms with van der Waals surface area (Å²) >= 11 is 0. The highest BCUT2D eigenvalue weighted by atomic mass is 16.5. The number of hydrogen-bond donors (Lipinski definition) is 2. The molecule has 1 aliphatic rings. The zero-order chi connectivity index (χ0) is 17.2. The summed E-state index contributed by atoms with van der Waals surface area (Å²) in [7, 11) is 0. The van der Waals surface area contributed by atoms with Gasteiger partial charge < -0.3 is 15.8 Å². The first kappa shape index (κ1) is 16.6. The van der Waals surface area contributed by atoms with Gasteiger partial charge in [0.25, 0.3) is 0 Å². The summed E-state index contributed by atoms with van der Waals surface area (Å²) in [6.07, 6.45) is 2.87. The van der Waals surface area contributed by atoms with E-state index in [1.165, 1.54) is 0 Å². The topological polar surface area (TPSA) is 95.1 Å². The van der Waals surface area contributed by atoms with Gasteiger partial charge in [0.2, 0.25) is 5.91 Å². The monoisotopic (exact) mass is 329 g/mol. The second-order valence-corrected chi connectivity index (χ2v) is 6.56. The van der Waals surface area contributed by atoms with Gasteiger partial charge in [0.1, 0.15) is 11.8 Å². The first-order valence-corrected chi connectivity index (χ1v) is 8.15. The van der Waals surface area contributed by atoms with Crippen molar-refractivity contribution in [3.8, 4) is 5.69 Å². The molecule has 0 spiro atoms. The molecule has 0 unspecified atom stereocenters. The average molecular weight is 329 g/mol. The molecule has 1 aromatic heterocycles. The largest absolute Gasteiger partial charge is 0.364 e. The third kappa shape index (κ3) is 3.47.